The van der Waals surface area contributed by atoms with Gasteiger partial charge in [-0.3, -0.25) is 0 Å². The Morgan fingerprint density at radius 2 is 2.30 bits per heavy atom. The quantitative estimate of drug-likeness (QED) is 0.860. The van der Waals surface area contributed by atoms with Gasteiger partial charge in [0, 0.05) is 24.5 Å². The SMILES string of the molecule is CN1CCCC(N(C)S(=O)(=O)c2cc(CO)sc2Br)C1. The molecule has 0 radical (unpaired) electrons. The van der Waals surface area contributed by atoms with E-state index in [-0.39, 0.29) is 17.5 Å². The number of halogens is 1. The second-order valence-corrected chi connectivity index (χ2v) is 9.51. The molecule has 0 bridgehead atoms. The maximum Gasteiger partial charge on any atom is 0.245 e. The highest BCUT2D eigenvalue weighted by atomic mass is 79.9. The molecule has 0 amide bonds. The normalized spacial score (nSPS) is 21.6. The molecule has 8 heteroatoms. The van der Waals surface area contributed by atoms with Crippen molar-refractivity contribution >= 4 is 37.3 Å². The molecule has 1 aliphatic heterocycles. The molecule has 1 N–H and O–H groups in total. The first-order valence-corrected chi connectivity index (χ1v) is 9.47. The number of hydrogen-bond acceptors (Lipinski definition) is 5. The maximum absolute atomic E-state index is 12.7. The molecule has 1 aliphatic rings. The van der Waals surface area contributed by atoms with Crippen LogP contribution in [0, 0.1) is 0 Å². The molecular formula is C12H19BrN2O3S2. The molecule has 2 heterocycles. The third kappa shape index (κ3) is 3.26. The third-order valence-electron chi connectivity index (χ3n) is 3.63. The molecule has 2 rings (SSSR count). The van der Waals surface area contributed by atoms with Crippen molar-refractivity contribution in [2.24, 2.45) is 0 Å². The lowest BCUT2D eigenvalue weighted by molar-refractivity contribution is 0.187. The van der Waals surface area contributed by atoms with Crippen LogP contribution < -0.4 is 0 Å². The van der Waals surface area contributed by atoms with Gasteiger partial charge in [-0.2, -0.15) is 4.31 Å². The third-order valence-corrected chi connectivity index (χ3v) is 7.78. The van der Waals surface area contributed by atoms with Crippen LogP contribution in [0.25, 0.3) is 0 Å². The Hall–Kier alpha value is 0.01000. The molecule has 0 aliphatic carbocycles. The van der Waals surface area contributed by atoms with Crippen LogP contribution >= 0.6 is 27.3 Å². The number of likely N-dealkylation sites (tertiary alicyclic amines) is 1. The predicted octanol–water partition coefficient (Wildman–Crippen LogP) is 1.72. The van der Waals surface area contributed by atoms with Crippen molar-refractivity contribution in [2.75, 3.05) is 27.2 Å². The van der Waals surface area contributed by atoms with Gasteiger partial charge >= 0.3 is 0 Å². The van der Waals surface area contributed by atoms with Gasteiger partial charge in [-0.05, 0) is 48.4 Å². The first-order chi connectivity index (χ1) is 9.36. The van der Waals surface area contributed by atoms with Crippen LogP contribution in [-0.2, 0) is 16.6 Å². The molecule has 1 aromatic heterocycles. The van der Waals surface area contributed by atoms with E-state index in [1.54, 1.807) is 13.1 Å². The number of piperidine rings is 1. The highest BCUT2D eigenvalue weighted by Crippen LogP contribution is 2.34. The van der Waals surface area contributed by atoms with E-state index >= 15 is 0 Å². The summed E-state index contributed by atoms with van der Waals surface area (Å²) in [6, 6.07) is 1.55. The molecule has 0 aromatic carbocycles. The minimum absolute atomic E-state index is 0.00289. The average molecular weight is 383 g/mol. The largest absolute Gasteiger partial charge is 0.391 e. The lowest BCUT2D eigenvalue weighted by Gasteiger charge is -2.35. The molecule has 1 aromatic rings. The molecule has 0 spiro atoms. The van der Waals surface area contributed by atoms with Gasteiger partial charge in [-0.15, -0.1) is 11.3 Å². The van der Waals surface area contributed by atoms with Gasteiger partial charge < -0.3 is 10.0 Å². The van der Waals surface area contributed by atoms with E-state index in [1.807, 2.05) is 7.05 Å². The monoisotopic (exact) mass is 382 g/mol. The fourth-order valence-corrected chi connectivity index (χ4v) is 6.31. The zero-order valence-corrected chi connectivity index (χ0v) is 14.8. The smallest absolute Gasteiger partial charge is 0.245 e. The molecule has 0 saturated carbocycles. The van der Waals surface area contributed by atoms with E-state index in [2.05, 4.69) is 20.8 Å². The van der Waals surface area contributed by atoms with Crippen LogP contribution in [0.1, 0.15) is 17.7 Å². The summed E-state index contributed by atoms with van der Waals surface area (Å²) in [6.07, 6.45) is 1.89. The molecular weight excluding hydrogens is 364 g/mol. The Balaban J connectivity index is 2.26. The number of rotatable bonds is 4. The predicted molar refractivity (Wildman–Crippen MR) is 83.4 cm³/mol. The van der Waals surface area contributed by atoms with Crippen molar-refractivity contribution in [1.29, 1.82) is 0 Å². The van der Waals surface area contributed by atoms with Gasteiger partial charge in [0.2, 0.25) is 10.0 Å². The van der Waals surface area contributed by atoms with Gasteiger partial charge in [-0.25, -0.2) is 8.42 Å². The zero-order valence-electron chi connectivity index (χ0n) is 11.5. The second kappa shape index (κ2) is 6.41. The molecule has 1 fully saturated rings. The molecule has 114 valence electrons. The first kappa shape index (κ1) is 16.4. The van der Waals surface area contributed by atoms with Gasteiger partial charge in [0.15, 0.2) is 0 Å². The topological polar surface area (TPSA) is 60.9 Å². The lowest BCUT2D eigenvalue weighted by atomic mass is 10.1. The number of aliphatic hydroxyl groups is 1. The van der Waals surface area contributed by atoms with E-state index in [4.69, 9.17) is 5.11 Å². The number of hydrogen-bond donors (Lipinski definition) is 1. The van der Waals surface area contributed by atoms with Crippen molar-refractivity contribution in [3.8, 4) is 0 Å². The van der Waals surface area contributed by atoms with Gasteiger partial charge in [0.1, 0.15) is 4.90 Å². The van der Waals surface area contributed by atoms with Crippen molar-refractivity contribution in [1.82, 2.24) is 9.21 Å². The summed E-state index contributed by atoms with van der Waals surface area (Å²) in [5.41, 5.74) is 0. The summed E-state index contributed by atoms with van der Waals surface area (Å²) in [5, 5.41) is 9.14. The molecule has 20 heavy (non-hydrogen) atoms. The van der Waals surface area contributed by atoms with Crippen molar-refractivity contribution in [2.45, 2.75) is 30.4 Å². The molecule has 1 saturated heterocycles. The fourth-order valence-electron chi connectivity index (χ4n) is 2.44. The van der Waals surface area contributed by atoms with Gasteiger partial charge in [-0.1, -0.05) is 0 Å². The number of aliphatic hydroxyl groups excluding tert-OH is 1. The Bertz CT molecular complexity index is 573. The minimum Gasteiger partial charge on any atom is -0.391 e. The lowest BCUT2D eigenvalue weighted by Crippen LogP contribution is -2.47. The van der Waals surface area contributed by atoms with Crippen molar-refractivity contribution in [3.63, 3.8) is 0 Å². The van der Waals surface area contributed by atoms with Gasteiger partial charge in [0.25, 0.3) is 0 Å². The van der Waals surface area contributed by atoms with Crippen LogP contribution in [-0.4, -0.2) is 56.0 Å². The number of likely N-dealkylation sites (N-methyl/N-ethyl adjacent to an activating group) is 2. The highest BCUT2D eigenvalue weighted by Gasteiger charge is 2.32. The van der Waals surface area contributed by atoms with Crippen molar-refractivity contribution in [3.05, 3.63) is 14.7 Å². The van der Waals surface area contributed by atoms with E-state index < -0.39 is 10.0 Å². The second-order valence-electron chi connectivity index (χ2n) is 5.09. The summed E-state index contributed by atoms with van der Waals surface area (Å²) in [6.45, 7) is 1.63. The molecule has 5 nitrogen and oxygen atoms in total. The summed E-state index contributed by atoms with van der Waals surface area (Å²) in [7, 11) is 0.129. The zero-order chi connectivity index (χ0) is 14.9. The number of sulfonamides is 1. The van der Waals surface area contributed by atoms with E-state index in [0.717, 1.165) is 25.9 Å². The van der Waals surface area contributed by atoms with Gasteiger partial charge in [0.05, 0.1) is 10.4 Å². The average Bonchev–Trinajstić information content (AvgIpc) is 2.80. The number of thiophene rings is 1. The highest BCUT2D eigenvalue weighted by molar-refractivity contribution is 9.11. The summed E-state index contributed by atoms with van der Waals surface area (Å²) in [5.74, 6) is 0. The summed E-state index contributed by atoms with van der Waals surface area (Å²) >= 11 is 4.55. The number of nitrogens with zero attached hydrogens (tertiary/aromatic N) is 2. The minimum atomic E-state index is -3.52. The standard InChI is InChI=1S/C12H19BrN2O3S2/c1-14-5-3-4-9(7-14)15(2)20(17,18)11-6-10(8-16)19-12(11)13/h6,9,16H,3-5,7-8H2,1-2H3. The van der Waals surface area contributed by atoms with Crippen LogP contribution in [0.3, 0.4) is 0 Å². The summed E-state index contributed by atoms with van der Waals surface area (Å²) in [4.78, 5) is 3.05. The van der Waals surface area contributed by atoms with E-state index in [0.29, 0.717) is 8.66 Å². The summed E-state index contributed by atoms with van der Waals surface area (Å²) < 4.78 is 27.4. The van der Waals surface area contributed by atoms with E-state index in [9.17, 15) is 8.42 Å². The first-order valence-electron chi connectivity index (χ1n) is 6.42. The van der Waals surface area contributed by atoms with Crippen LogP contribution in [0.2, 0.25) is 0 Å². The van der Waals surface area contributed by atoms with Crippen LogP contribution in [0.15, 0.2) is 14.7 Å². The fraction of sp³-hybridized carbons (Fsp3) is 0.667. The maximum atomic E-state index is 12.7. The Morgan fingerprint density at radius 1 is 1.60 bits per heavy atom. The van der Waals surface area contributed by atoms with E-state index in [1.165, 1.54) is 15.6 Å². The Morgan fingerprint density at radius 3 is 2.85 bits per heavy atom. The van der Waals surface area contributed by atoms with Crippen LogP contribution in [0.4, 0.5) is 0 Å². The molecule has 1 unspecified atom stereocenters. The van der Waals surface area contributed by atoms with Crippen LogP contribution in [0.5, 0.6) is 0 Å². The Labute approximate surface area is 132 Å². The Kier molecular flexibility index (Phi) is 5.25. The van der Waals surface area contributed by atoms with Crippen molar-refractivity contribution < 1.29 is 13.5 Å². The molecule has 1 atom stereocenters.